The van der Waals surface area contributed by atoms with E-state index in [4.69, 9.17) is 0 Å². The van der Waals surface area contributed by atoms with Crippen LogP contribution in [0.25, 0.3) is 0 Å². The number of rotatable bonds is 0. The first kappa shape index (κ1) is 35.0. The van der Waals surface area contributed by atoms with Crippen molar-refractivity contribution in [3.63, 3.8) is 0 Å². The molecule has 0 aromatic carbocycles. The summed E-state index contributed by atoms with van der Waals surface area (Å²) in [5.41, 5.74) is 0. The molecule has 0 saturated heterocycles. The van der Waals surface area contributed by atoms with Gasteiger partial charge in [-0.2, -0.15) is 0 Å². The maximum atomic E-state index is 0. The van der Waals surface area contributed by atoms with Crippen molar-refractivity contribution in [2.75, 3.05) is 0 Å². The maximum absolute atomic E-state index is 0. The molecule has 0 saturated carbocycles. The van der Waals surface area contributed by atoms with Gasteiger partial charge in [0.05, 0.1) is 0 Å². The zero-order valence-electron chi connectivity index (χ0n) is 1.32. The Bertz CT molecular complexity index is 8.00. The predicted octanol–water partition coefficient (Wildman–Crippen LogP) is -1.19. The second-order valence-corrected chi connectivity index (χ2v) is 0. The van der Waals surface area contributed by atoms with Crippen LogP contribution < -0.4 is 0 Å². The van der Waals surface area contributed by atoms with Crippen LogP contribution in [-0.2, 0) is 53.0 Å². The minimum Gasteiger partial charge on any atom is 0 e. The molecule has 0 unspecified atom stereocenters. The number of hydrogen-bond donors (Lipinski definition) is 0. The summed E-state index contributed by atoms with van der Waals surface area (Å²) in [6.07, 6.45) is 0. The first-order valence-corrected chi connectivity index (χ1v) is 0. The van der Waals surface area contributed by atoms with Gasteiger partial charge in [-0.15, -0.1) is 0 Å². The Kier molecular flexibility index (Phi) is 167. The molecule has 0 heterocycles. The Morgan fingerprint density at radius 2 is 1.00 bits per heavy atom. The van der Waals surface area contributed by atoms with Gasteiger partial charge in [-0.25, -0.2) is 0 Å². The standard InChI is InChI=1S/Al.Cu.Ni.Zn.3H. The third kappa shape index (κ3) is 8.90. The molecule has 0 bridgehead atoms. The molecule has 0 atom stereocenters. The second kappa shape index (κ2) is 19.1. The van der Waals surface area contributed by atoms with Gasteiger partial charge in [-0.05, 0) is 0 Å². The summed E-state index contributed by atoms with van der Waals surface area (Å²) in [6, 6.07) is 0. The Balaban J connectivity index is 0. The molecule has 0 aromatic heterocycles. The molecule has 0 spiro atoms. The molecule has 0 aliphatic heterocycles. The van der Waals surface area contributed by atoms with Gasteiger partial charge < -0.3 is 0 Å². The molecule has 29 valence electrons. The molecule has 0 nitrogen and oxygen atoms in total. The molecule has 0 aliphatic rings. The average molecular weight is 218 g/mol. The van der Waals surface area contributed by atoms with Crippen LogP contribution >= 0.6 is 0 Å². The normalized spacial score (nSPS) is 0. The van der Waals surface area contributed by atoms with Crippen LogP contribution in [0.5, 0.6) is 0 Å². The minimum absolute atomic E-state index is 0. The van der Waals surface area contributed by atoms with Crippen molar-refractivity contribution in [2.45, 2.75) is 0 Å². The molecule has 0 rings (SSSR count). The fourth-order valence-electron chi connectivity index (χ4n) is 0. The fourth-order valence-corrected chi connectivity index (χ4v) is 0. The Morgan fingerprint density at radius 1 is 1.00 bits per heavy atom. The summed E-state index contributed by atoms with van der Waals surface area (Å²) in [5.74, 6) is 0. The second-order valence-electron chi connectivity index (χ2n) is 0. The fraction of sp³-hybridized carbons (Fsp3) is 0. The summed E-state index contributed by atoms with van der Waals surface area (Å²) >= 11 is 0. The van der Waals surface area contributed by atoms with Crippen molar-refractivity contribution < 1.29 is 53.0 Å². The third-order valence-electron chi connectivity index (χ3n) is 0. The van der Waals surface area contributed by atoms with Gasteiger partial charge in [0.1, 0.15) is 0 Å². The van der Waals surface area contributed by atoms with Gasteiger partial charge in [-0.1, -0.05) is 0 Å². The summed E-state index contributed by atoms with van der Waals surface area (Å²) < 4.78 is 0. The molecular weight excluding hydrogens is 215 g/mol. The zero-order valence-corrected chi connectivity index (χ0v) is 6.22. The van der Waals surface area contributed by atoms with E-state index in [0.29, 0.717) is 0 Å². The summed E-state index contributed by atoms with van der Waals surface area (Å²) in [7, 11) is 0. The summed E-state index contributed by atoms with van der Waals surface area (Å²) in [5, 5.41) is 0. The van der Waals surface area contributed by atoms with Crippen LogP contribution in [0, 0.1) is 0 Å². The van der Waals surface area contributed by atoms with E-state index in [9.17, 15) is 0 Å². The van der Waals surface area contributed by atoms with E-state index in [1.807, 2.05) is 0 Å². The van der Waals surface area contributed by atoms with Gasteiger partial charge in [0.2, 0.25) is 0 Å². The number of hydrogen-bond acceptors (Lipinski definition) is 0. The van der Waals surface area contributed by atoms with Crippen molar-refractivity contribution in [1.29, 1.82) is 0 Å². The van der Waals surface area contributed by atoms with Crippen LogP contribution in [0.3, 0.4) is 0 Å². The van der Waals surface area contributed by atoms with Crippen molar-refractivity contribution >= 4 is 17.4 Å². The first-order valence-electron chi connectivity index (χ1n) is 0. The Labute approximate surface area is 69.8 Å². The van der Waals surface area contributed by atoms with Gasteiger partial charge in [0.25, 0.3) is 0 Å². The topological polar surface area (TPSA) is 0 Å². The Hall–Kier alpha value is 2.17. The SMILES string of the molecule is [AlH3].[Cu].[Ni].[Zn]. The molecule has 0 aromatic rings. The van der Waals surface area contributed by atoms with E-state index >= 15 is 0 Å². The Morgan fingerprint density at radius 3 is 1.00 bits per heavy atom. The van der Waals surface area contributed by atoms with Crippen molar-refractivity contribution in [3.8, 4) is 0 Å². The van der Waals surface area contributed by atoms with Crippen LogP contribution in [0.4, 0.5) is 0 Å². The summed E-state index contributed by atoms with van der Waals surface area (Å²) in [4.78, 5) is 0. The molecule has 0 N–H and O–H groups in total. The third-order valence-corrected chi connectivity index (χ3v) is 0. The molecule has 4 heteroatoms. The molecule has 0 fully saturated rings. The van der Waals surface area contributed by atoms with E-state index in [1.54, 1.807) is 0 Å². The van der Waals surface area contributed by atoms with Crippen LogP contribution in [0.2, 0.25) is 0 Å². The van der Waals surface area contributed by atoms with E-state index in [1.165, 1.54) is 0 Å². The van der Waals surface area contributed by atoms with E-state index in [2.05, 4.69) is 0 Å². The van der Waals surface area contributed by atoms with Gasteiger partial charge in [0.15, 0.2) is 17.4 Å². The quantitative estimate of drug-likeness (QED) is 0.448. The van der Waals surface area contributed by atoms with Crippen LogP contribution in [0.1, 0.15) is 0 Å². The van der Waals surface area contributed by atoms with E-state index in [0.717, 1.165) is 0 Å². The zero-order chi connectivity index (χ0) is 0. The van der Waals surface area contributed by atoms with Crippen molar-refractivity contribution in [1.82, 2.24) is 0 Å². The van der Waals surface area contributed by atoms with Crippen LogP contribution in [0.15, 0.2) is 0 Å². The van der Waals surface area contributed by atoms with Gasteiger partial charge in [0, 0.05) is 53.0 Å². The molecular formula is H3AlCuNiZn. The van der Waals surface area contributed by atoms with E-state index < -0.39 is 0 Å². The molecule has 1 radical (unpaired) electrons. The van der Waals surface area contributed by atoms with Crippen LogP contribution in [-0.4, -0.2) is 17.4 Å². The van der Waals surface area contributed by atoms with Crippen molar-refractivity contribution in [2.24, 2.45) is 0 Å². The van der Waals surface area contributed by atoms with Crippen molar-refractivity contribution in [3.05, 3.63) is 0 Å². The molecule has 0 amide bonds. The van der Waals surface area contributed by atoms with Gasteiger partial charge in [-0.3, -0.25) is 0 Å². The largest absolute Gasteiger partial charge is 0.187 e. The smallest absolute Gasteiger partial charge is 0 e. The first-order chi connectivity index (χ1) is 0. The van der Waals surface area contributed by atoms with Gasteiger partial charge >= 0.3 is 0 Å². The van der Waals surface area contributed by atoms with E-state index in [-0.39, 0.29) is 70.4 Å². The summed E-state index contributed by atoms with van der Waals surface area (Å²) in [6.45, 7) is 0. The molecule has 0 aliphatic carbocycles. The molecule has 4 heavy (non-hydrogen) atoms. The minimum atomic E-state index is 0. The monoisotopic (exact) mass is 215 g/mol. The predicted molar refractivity (Wildman–Crippen MR) is 9.94 cm³/mol. The average Bonchev–Trinajstić information content (AvgIpc) is 0. The maximum Gasteiger partial charge on any atom is 0.187 e.